The molecule has 0 saturated carbocycles. The van der Waals surface area contributed by atoms with Crippen molar-refractivity contribution in [3.63, 3.8) is 0 Å². The molecule has 4 aromatic carbocycles. The van der Waals surface area contributed by atoms with Crippen LogP contribution in [0.2, 0.25) is 0 Å². The third-order valence-electron chi connectivity index (χ3n) is 8.54. The van der Waals surface area contributed by atoms with Crippen LogP contribution in [0.25, 0.3) is 10.8 Å². The fraction of sp³-hybridized carbons (Fsp3) is 0.250. The first-order chi connectivity index (χ1) is 22.4. The number of hydrazine groups is 1. The minimum Gasteiger partial charge on any atom is -0.497 e. The summed E-state index contributed by atoms with van der Waals surface area (Å²) < 4.78 is 18.9. The zero-order chi connectivity index (χ0) is 32.2. The van der Waals surface area contributed by atoms with Crippen molar-refractivity contribution in [2.24, 2.45) is 0 Å². The number of methoxy groups -OCH3 is 1. The van der Waals surface area contributed by atoms with Gasteiger partial charge >= 0.3 is 6.03 Å². The third-order valence-corrected chi connectivity index (χ3v) is 8.54. The minimum absolute atomic E-state index is 0.0774. The molecule has 6 rings (SSSR count). The number of carbonyl (C=O) groups excluding carboxylic acids is 3. The standard InChI is InChI=1S/C36H34FN5O4/c1-3-19-40(36(45)38-21-26-13-17-30(46-2)18-14-26)41-24-34(43)42-32(20-25-11-15-29(37)16-12-25)35(44)39(23-33(41)42)22-28-9-6-8-27-7-4-5-10-31(27)28/h1,4-18,32-33H,19-24H2,2H3,(H,38,45)/t32-,33+/m0/s1. The van der Waals surface area contributed by atoms with Gasteiger partial charge in [0.15, 0.2) is 0 Å². The fourth-order valence-electron chi connectivity index (χ4n) is 6.25. The maximum Gasteiger partial charge on any atom is 0.333 e. The zero-order valence-corrected chi connectivity index (χ0v) is 25.4. The molecule has 4 aromatic rings. The number of urea groups is 1. The highest BCUT2D eigenvalue weighted by atomic mass is 19.1. The molecular formula is C36H34FN5O4. The van der Waals surface area contributed by atoms with Crippen molar-refractivity contribution in [3.8, 4) is 18.1 Å². The molecule has 0 radical (unpaired) electrons. The number of fused-ring (bicyclic) bond motifs is 2. The summed E-state index contributed by atoms with van der Waals surface area (Å²) in [4.78, 5) is 44.7. The molecule has 0 spiro atoms. The first-order valence-corrected chi connectivity index (χ1v) is 15.1. The minimum atomic E-state index is -0.855. The summed E-state index contributed by atoms with van der Waals surface area (Å²) in [5.74, 6) is 2.36. The largest absolute Gasteiger partial charge is 0.497 e. The van der Waals surface area contributed by atoms with E-state index in [-0.39, 0.29) is 50.2 Å². The molecule has 0 unspecified atom stereocenters. The van der Waals surface area contributed by atoms with Crippen molar-refractivity contribution in [1.82, 2.24) is 25.1 Å². The van der Waals surface area contributed by atoms with Crippen molar-refractivity contribution in [3.05, 3.63) is 114 Å². The predicted molar refractivity (Wildman–Crippen MR) is 171 cm³/mol. The number of hydrogen-bond donors (Lipinski definition) is 1. The van der Waals surface area contributed by atoms with Gasteiger partial charge in [-0.15, -0.1) is 6.42 Å². The number of terminal acetylenes is 1. The Kier molecular flexibility index (Phi) is 8.85. The Morgan fingerprint density at radius 2 is 1.72 bits per heavy atom. The van der Waals surface area contributed by atoms with Crippen LogP contribution in [-0.4, -0.2) is 76.6 Å². The van der Waals surface area contributed by atoms with E-state index in [1.165, 1.54) is 17.1 Å². The number of ether oxygens (including phenoxy) is 1. The zero-order valence-electron chi connectivity index (χ0n) is 25.4. The summed E-state index contributed by atoms with van der Waals surface area (Å²) in [5, 5.41) is 8.02. The van der Waals surface area contributed by atoms with Gasteiger partial charge in [0.1, 0.15) is 23.8 Å². The van der Waals surface area contributed by atoms with Crippen LogP contribution in [0.4, 0.5) is 9.18 Å². The highest BCUT2D eigenvalue weighted by molar-refractivity contribution is 5.92. The molecule has 2 saturated heterocycles. The highest BCUT2D eigenvalue weighted by Gasteiger charge is 2.52. The molecular weight excluding hydrogens is 585 g/mol. The molecule has 9 nitrogen and oxygen atoms in total. The summed E-state index contributed by atoms with van der Waals surface area (Å²) >= 11 is 0. The van der Waals surface area contributed by atoms with Crippen LogP contribution >= 0.6 is 0 Å². The van der Waals surface area contributed by atoms with E-state index in [2.05, 4.69) is 11.2 Å². The molecule has 2 aliphatic heterocycles. The van der Waals surface area contributed by atoms with Crippen molar-refractivity contribution in [2.75, 3.05) is 26.7 Å². The summed E-state index contributed by atoms with van der Waals surface area (Å²) in [7, 11) is 1.58. The van der Waals surface area contributed by atoms with E-state index in [9.17, 15) is 18.8 Å². The molecule has 46 heavy (non-hydrogen) atoms. The third kappa shape index (κ3) is 6.23. The first kappa shape index (κ1) is 30.6. The monoisotopic (exact) mass is 619 g/mol. The summed E-state index contributed by atoms with van der Waals surface area (Å²) in [5.41, 5.74) is 2.54. The maximum absolute atomic E-state index is 14.2. The average Bonchev–Trinajstić information content (AvgIpc) is 3.40. The van der Waals surface area contributed by atoms with Crippen LogP contribution < -0.4 is 10.1 Å². The predicted octanol–water partition coefficient (Wildman–Crippen LogP) is 4.17. The second kappa shape index (κ2) is 13.3. The lowest BCUT2D eigenvalue weighted by molar-refractivity contribution is -0.157. The number of piperazine rings is 1. The number of rotatable bonds is 9. The Balaban J connectivity index is 1.30. The number of hydrogen-bond acceptors (Lipinski definition) is 5. The van der Waals surface area contributed by atoms with E-state index in [1.807, 2.05) is 66.7 Å². The second-order valence-corrected chi connectivity index (χ2v) is 11.4. The van der Waals surface area contributed by atoms with Crippen molar-refractivity contribution < 1.29 is 23.5 Å². The van der Waals surface area contributed by atoms with Crippen molar-refractivity contribution in [2.45, 2.75) is 31.7 Å². The van der Waals surface area contributed by atoms with Crippen LogP contribution in [0.3, 0.4) is 0 Å². The van der Waals surface area contributed by atoms with Gasteiger partial charge in [-0.05, 0) is 51.7 Å². The lowest BCUT2D eigenvalue weighted by Gasteiger charge is -2.46. The number of carbonyl (C=O) groups is 3. The van der Waals surface area contributed by atoms with Gasteiger partial charge in [0.2, 0.25) is 11.8 Å². The molecule has 2 aliphatic rings. The summed E-state index contributed by atoms with van der Waals surface area (Å²) in [6, 6.07) is 25.9. The molecule has 1 N–H and O–H groups in total. The second-order valence-electron chi connectivity index (χ2n) is 11.4. The molecule has 234 valence electrons. The lowest BCUT2D eigenvalue weighted by Crippen LogP contribution is -2.66. The molecule has 4 amide bonds. The topological polar surface area (TPSA) is 85.4 Å². The van der Waals surface area contributed by atoms with Gasteiger partial charge in [0, 0.05) is 19.5 Å². The van der Waals surface area contributed by atoms with E-state index < -0.39 is 18.2 Å². The van der Waals surface area contributed by atoms with Gasteiger partial charge in [-0.1, -0.05) is 72.7 Å². The lowest BCUT2D eigenvalue weighted by atomic mass is 9.99. The molecule has 2 fully saturated rings. The van der Waals surface area contributed by atoms with Crippen molar-refractivity contribution in [1.29, 1.82) is 0 Å². The maximum atomic E-state index is 14.2. The number of nitrogens with zero attached hydrogens (tertiary/aromatic N) is 4. The molecule has 2 atom stereocenters. The van der Waals surface area contributed by atoms with Gasteiger partial charge in [-0.25, -0.2) is 14.2 Å². The molecule has 0 bridgehead atoms. The number of nitrogens with one attached hydrogen (secondary N) is 1. The molecule has 0 aromatic heterocycles. The van der Waals surface area contributed by atoms with Gasteiger partial charge in [-0.2, -0.15) is 5.01 Å². The SMILES string of the molecule is C#CCN(C(=O)NCc1ccc(OC)cc1)N1CC(=O)N2[C@@H](Cc3ccc(F)cc3)C(=O)N(Cc3cccc4ccccc34)C[C@@H]21. The Morgan fingerprint density at radius 3 is 2.46 bits per heavy atom. The van der Waals surface area contributed by atoms with E-state index in [1.54, 1.807) is 34.1 Å². The van der Waals surface area contributed by atoms with Gasteiger partial charge < -0.3 is 19.9 Å². The first-order valence-electron chi connectivity index (χ1n) is 15.1. The highest BCUT2D eigenvalue weighted by Crippen LogP contribution is 2.31. The van der Waals surface area contributed by atoms with Crippen molar-refractivity contribution >= 4 is 28.6 Å². The van der Waals surface area contributed by atoms with Crippen LogP contribution in [0.5, 0.6) is 5.75 Å². The fourth-order valence-corrected chi connectivity index (χ4v) is 6.25. The van der Waals surface area contributed by atoms with Crippen LogP contribution in [0.1, 0.15) is 16.7 Å². The van der Waals surface area contributed by atoms with E-state index in [0.29, 0.717) is 12.3 Å². The van der Waals surface area contributed by atoms with Gasteiger partial charge in [0.05, 0.1) is 26.7 Å². The average molecular weight is 620 g/mol. The molecule has 2 heterocycles. The Labute approximate surface area is 267 Å². The normalized spacial score (nSPS) is 17.9. The Hall–Kier alpha value is -5.40. The van der Waals surface area contributed by atoms with Crippen LogP contribution in [-0.2, 0) is 29.1 Å². The quantitative estimate of drug-likeness (QED) is 0.285. The van der Waals surface area contributed by atoms with Gasteiger partial charge in [-0.3, -0.25) is 9.59 Å². The summed E-state index contributed by atoms with van der Waals surface area (Å²) in [6.45, 7) is 0.508. The Bertz CT molecular complexity index is 1780. The number of halogens is 1. The van der Waals surface area contributed by atoms with Crippen LogP contribution in [0.15, 0.2) is 91.0 Å². The number of benzene rings is 4. The van der Waals surface area contributed by atoms with E-state index in [0.717, 1.165) is 27.5 Å². The molecule has 0 aliphatic carbocycles. The van der Waals surface area contributed by atoms with Crippen LogP contribution in [0, 0.1) is 18.2 Å². The number of amides is 4. The van der Waals surface area contributed by atoms with E-state index >= 15 is 0 Å². The molecule has 10 heteroatoms. The smallest absolute Gasteiger partial charge is 0.333 e. The Morgan fingerprint density at radius 1 is 1.00 bits per heavy atom. The van der Waals surface area contributed by atoms with E-state index in [4.69, 9.17) is 11.2 Å². The van der Waals surface area contributed by atoms with Gasteiger partial charge in [0.25, 0.3) is 0 Å². The summed E-state index contributed by atoms with van der Waals surface area (Å²) in [6.07, 6.45) is 5.26.